The fourth-order valence-corrected chi connectivity index (χ4v) is 3.10. The summed E-state index contributed by atoms with van der Waals surface area (Å²) in [6.45, 7) is 4.02. The molecule has 2 heterocycles. The molecule has 3 rings (SSSR count). The number of nitrogens with zero attached hydrogens (tertiary/aromatic N) is 1. The number of carbonyl (C=O) groups excluding carboxylic acids is 2. The first kappa shape index (κ1) is 17.2. The first-order chi connectivity index (χ1) is 12.1. The Kier molecular flexibility index (Phi) is 5.50. The van der Waals surface area contributed by atoms with Gasteiger partial charge in [-0.25, -0.2) is 4.79 Å². The molecule has 0 radical (unpaired) electrons. The van der Waals surface area contributed by atoms with Crippen molar-refractivity contribution in [2.45, 2.75) is 25.8 Å². The number of furan rings is 1. The van der Waals surface area contributed by atoms with Crippen molar-refractivity contribution in [3.05, 3.63) is 54.0 Å². The second-order valence-corrected chi connectivity index (χ2v) is 6.24. The number of benzene rings is 1. The van der Waals surface area contributed by atoms with E-state index in [1.54, 1.807) is 30.5 Å². The van der Waals surface area contributed by atoms with E-state index in [0.29, 0.717) is 17.8 Å². The number of likely N-dealkylation sites (tertiary alicyclic amines) is 1. The van der Waals surface area contributed by atoms with Gasteiger partial charge in [-0.2, -0.15) is 0 Å². The second kappa shape index (κ2) is 7.98. The van der Waals surface area contributed by atoms with Crippen LogP contribution in [-0.2, 0) is 0 Å². The monoisotopic (exact) mass is 341 g/mol. The topological polar surface area (TPSA) is 74.6 Å². The molecule has 1 saturated heterocycles. The van der Waals surface area contributed by atoms with Gasteiger partial charge in [-0.3, -0.25) is 9.69 Å². The Bertz CT molecular complexity index is 704. The molecular formula is C19H23N3O3. The van der Waals surface area contributed by atoms with Crippen molar-refractivity contribution in [1.29, 1.82) is 0 Å². The van der Waals surface area contributed by atoms with Crippen LogP contribution in [0, 0.1) is 0 Å². The Morgan fingerprint density at radius 3 is 2.48 bits per heavy atom. The van der Waals surface area contributed by atoms with Crippen molar-refractivity contribution in [2.24, 2.45) is 0 Å². The molecule has 1 aliphatic heterocycles. The molecule has 1 aromatic heterocycles. The SMILES string of the molecule is CC(=O)c1ccc(NC(=O)NCC(c2ccco2)N2CCCC2)cc1. The van der Waals surface area contributed by atoms with Gasteiger partial charge in [-0.05, 0) is 69.3 Å². The molecule has 1 fully saturated rings. The first-order valence-electron chi connectivity index (χ1n) is 8.57. The smallest absolute Gasteiger partial charge is 0.319 e. The molecule has 0 bridgehead atoms. The summed E-state index contributed by atoms with van der Waals surface area (Å²) in [5, 5.41) is 5.70. The molecule has 1 atom stereocenters. The molecule has 25 heavy (non-hydrogen) atoms. The number of nitrogens with one attached hydrogen (secondary N) is 2. The number of ketones is 1. The van der Waals surface area contributed by atoms with E-state index in [4.69, 9.17) is 4.42 Å². The fraction of sp³-hybridized carbons (Fsp3) is 0.368. The Morgan fingerprint density at radius 2 is 1.88 bits per heavy atom. The Morgan fingerprint density at radius 1 is 1.16 bits per heavy atom. The van der Waals surface area contributed by atoms with Crippen molar-refractivity contribution in [3.63, 3.8) is 0 Å². The van der Waals surface area contributed by atoms with Gasteiger partial charge in [0.05, 0.1) is 12.3 Å². The third-order valence-electron chi connectivity index (χ3n) is 4.46. The molecule has 2 N–H and O–H groups in total. The van der Waals surface area contributed by atoms with E-state index in [1.165, 1.54) is 19.8 Å². The highest BCUT2D eigenvalue weighted by Crippen LogP contribution is 2.24. The third-order valence-corrected chi connectivity index (χ3v) is 4.46. The number of carbonyl (C=O) groups is 2. The molecule has 0 aliphatic carbocycles. The van der Waals surface area contributed by atoms with E-state index in [9.17, 15) is 9.59 Å². The molecule has 1 aromatic carbocycles. The summed E-state index contributed by atoms with van der Waals surface area (Å²) in [4.78, 5) is 25.8. The van der Waals surface area contributed by atoms with Gasteiger partial charge in [0.25, 0.3) is 0 Å². The lowest BCUT2D eigenvalue weighted by atomic mass is 10.1. The largest absolute Gasteiger partial charge is 0.468 e. The van der Waals surface area contributed by atoms with Gasteiger partial charge in [-0.1, -0.05) is 0 Å². The molecule has 2 amide bonds. The highest BCUT2D eigenvalue weighted by molar-refractivity contribution is 5.95. The van der Waals surface area contributed by atoms with Crippen molar-refractivity contribution in [2.75, 3.05) is 25.0 Å². The minimum Gasteiger partial charge on any atom is -0.468 e. The molecule has 1 unspecified atom stereocenters. The number of Topliss-reactive ketones (excluding diaryl/α,β-unsaturated/α-hetero) is 1. The van der Waals surface area contributed by atoms with E-state index in [1.807, 2.05) is 12.1 Å². The molecule has 0 saturated carbocycles. The van der Waals surface area contributed by atoms with Crippen LogP contribution in [0.15, 0.2) is 47.1 Å². The first-order valence-corrected chi connectivity index (χ1v) is 8.57. The molecule has 132 valence electrons. The molecular weight excluding hydrogens is 318 g/mol. The summed E-state index contributed by atoms with van der Waals surface area (Å²) >= 11 is 0. The molecule has 6 heteroatoms. The third kappa shape index (κ3) is 4.48. The van der Waals surface area contributed by atoms with E-state index in [0.717, 1.165) is 18.8 Å². The number of amides is 2. The van der Waals surface area contributed by atoms with Crippen LogP contribution >= 0.6 is 0 Å². The highest BCUT2D eigenvalue weighted by atomic mass is 16.3. The van der Waals surface area contributed by atoms with Gasteiger partial charge in [-0.15, -0.1) is 0 Å². The minimum atomic E-state index is -0.272. The van der Waals surface area contributed by atoms with Crippen molar-refractivity contribution >= 4 is 17.5 Å². The van der Waals surface area contributed by atoms with Crippen LogP contribution in [0.3, 0.4) is 0 Å². The molecule has 0 spiro atoms. The Balaban J connectivity index is 1.57. The van der Waals surface area contributed by atoms with E-state index >= 15 is 0 Å². The lowest BCUT2D eigenvalue weighted by Crippen LogP contribution is -2.38. The van der Waals surface area contributed by atoms with Crippen LogP contribution in [0.5, 0.6) is 0 Å². The van der Waals surface area contributed by atoms with Gasteiger partial charge in [0.2, 0.25) is 0 Å². The second-order valence-electron chi connectivity index (χ2n) is 6.24. The van der Waals surface area contributed by atoms with Gasteiger partial charge in [0, 0.05) is 17.8 Å². The van der Waals surface area contributed by atoms with E-state index < -0.39 is 0 Å². The lowest BCUT2D eigenvalue weighted by Gasteiger charge is -2.26. The van der Waals surface area contributed by atoms with Gasteiger partial charge in [0.1, 0.15) is 5.76 Å². The van der Waals surface area contributed by atoms with Crippen LogP contribution in [0.2, 0.25) is 0 Å². The standard InChI is InChI=1S/C19H23N3O3/c1-14(23)15-6-8-16(9-7-15)21-19(24)20-13-17(18-5-4-12-25-18)22-10-2-3-11-22/h4-9,12,17H,2-3,10-11,13H2,1H3,(H2,20,21,24). The molecule has 2 aromatic rings. The van der Waals surface area contributed by atoms with Crippen LogP contribution in [-0.4, -0.2) is 36.3 Å². The van der Waals surface area contributed by atoms with Gasteiger partial charge in [0.15, 0.2) is 5.78 Å². The minimum absolute atomic E-state index is 0.00269. The summed E-state index contributed by atoms with van der Waals surface area (Å²) in [5.41, 5.74) is 1.27. The zero-order valence-electron chi connectivity index (χ0n) is 14.3. The van der Waals surface area contributed by atoms with Gasteiger partial charge >= 0.3 is 6.03 Å². The molecule has 1 aliphatic rings. The maximum atomic E-state index is 12.2. The van der Waals surface area contributed by atoms with Crippen LogP contribution in [0.4, 0.5) is 10.5 Å². The van der Waals surface area contributed by atoms with Crippen molar-refractivity contribution in [3.8, 4) is 0 Å². The van der Waals surface area contributed by atoms with Gasteiger partial charge < -0.3 is 15.1 Å². The van der Waals surface area contributed by atoms with E-state index in [-0.39, 0.29) is 17.9 Å². The number of hydrogen-bond donors (Lipinski definition) is 2. The number of urea groups is 1. The zero-order chi connectivity index (χ0) is 17.6. The zero-order valence-corrected chi connectivity index (χ0v) is 14.3. The number of hydrogen-bond acceptors (Lipinski definition) is 4. The van der Waals surface area contributed by atoms with Crippen LogP contribution in [0.1, 0.15) is 41.9 Å². The lowest BCUT2D eigenvalue weighted by molar-refractivity contribution is 0.101. The number of rotatable bonds is 6. The van der Waals surface area contributed by atoms with Crippen LogP contribution < -0.4 is 10.6 Å². The van der Waals surface area contributed by atoms with Crippen molar-refractivity contribution in [1.82, 2.24) is 10.2 Å². The predicted octanol–water partition coefficient (Wildman–Crippen LogP) is 3.44. The maximum absolute atomic E-state index is 12.2. The average Bonchev–Trinajstić information content (AvgIpc) is 3.29. The summed E-state index contributed by atoms with van der Waals surface area (Å²) in [5.74, 6) is 0.871. The summed E-state index contributed by atoms with van der Waals surface area (Å²) < 4.78 is 5.55. The average molecular weight is 341 g/mol. The Hall–Kier alpha value is -2.60. The van der Waals surface area contributed by atoms with E-state index in [2.05, 4.69) is 15.5 Å². The summed E-state index contributed by atoms with van der Waals surface area (Å²) in [6, 6.07) is 10.4. The Labute approximate surface area is 147 Å². The van der Waals surface area contributed by atoms with Crippen molar-refractivity contribution < 1.29 is 14.0 Å². The normalized spacial score (nSPS) is 15.7. The maximum Gasteiger partial charge on any atom is 0.319 e. The van der Waals surface area contributed by atoms with Crippen LogP contribution in [0.25, 0.3) is 0 Å². The molecule has 6 nitrogen and oxygen atoms in total. The summed E-state index contributed by atoms with van der Waals surface area (Å²) in [7, 11) is 0. The number of anilines is 1. The highest BCUT2D eigenvalue weighted by Gasteiger charge is 2.25. The quantitative estimate of drug-likeness (QED) is 0.789. The summed E-state index contributed by atoms with van der Waals surface area (Å²) in [6.07, 6.45) is 4.01. The fourth-order valence-electron chi connectivity index (χ4n) is 3.10. The predicted molar refractivity (Wildman–Crippen MR) is 95.7 cm³/mol.